The molecule has 0 spiro atoms. The number of primary amides is 3. The first-order valence-electron chi connectivity index (χ1n) is 4.14. The minimum absolute atomic E-state index is 0.00667. The van der Waals surface area contributed by atoms with Crippen LogP contribution < -0.4 is 17.2 Å². The van der Waals surface area contributed by atoms with Crippen LogP contribution >= 0.6 is 0 Å². The van der Waals surface area contributed by atoms with Crippen molar-refractivity contribution in [2.45, 2.75) is 26.2 Å². The van der Waals surface area contributed by atoms with Crippen LogP contribution in [0, 0.1) is 5.41 Å². The van der Waals surface area contributed by atoms with E-state index >= 15 is 0 Å². The van der Waals surface area contributed by atoms with Crippen LogP contribution in [0.3, 0.4) is 0 Å². The summed E-state index contributed by atoms with van der Waals surface area (Å²) in [6.45, 7) is 1.49. The number of hydrogen-bond acceptors (Lipinski definition) is 3. The Morgan fingerprint density at radius 1 is 1.07 bits per heavy atom. The Morgan fingerprint density at radius 3 is 1.86 bits per heavy atom. The number of carbonyl (C=O) groups excluding carboxylic acids is 3. The highest BCUT2D eigenvalue weighted by atomic mass is 16.2. The fourth-order valence-corrected chi connectivity index (χ4v) is 1.08. The van der Waals surface area contributed by atoms with Crippen LogP contribution in [0.25, 0.3) is 0 Å². The number of nitrogens with two attached hydrogens (primary N) is 3. The third kappa shape index (κ3) is 3.88. The van der Waals surface area contributed by atoms with Gasteiger partial charge in [-0.3, -0.25) is 14.4 Å². The topological polar surface area (TPSA) is 129 Å². The summed E-state index contributed by atoms with van der Waals surface area (Å²) in [7, 11) is 0. The first kappa shape index (κ1) is 12.4. The molecule has 0 rings (SSSR count). The predicted molar refractivity (Wildman–Crippen MR) is 49.5 cm³/mol. The van der Waals surface area contributed by atoms with Crippen LogP contribution in [0.15, 0.2) is 0 Å². The molecule has 0 heterocycles. The van der Waals surface area contributed by atoms with Crippen molar-refractivity contribution in [3.8, 4) is 0 Å². The Morgan fingerprint density at radius 2 is 1.57 bits per heavy atom. The van der Waals surface area contributed by atoms with Gasteiger partial charge in [-0.25, -0.2) is 0 Å². The van der Waals surface area contributed by atoms with Crippen LogP contribution in [0.2, 0.25) is 0 Å². The van der Waals surface area contributed by atoms with Crippen LogP contribution in [0.5, 0.6) is 0 Å². The van der Waals surface area contributed by atoms with E-state index in [-0.39, 0.29) is 19.3 Å². The first-order chi connectivity index (χ1) is 6.28. The summed E-state index contributed by atoms with van der Waals surface area (Å²) in [5.74, 6) is -1.82. The average molecular weight is 201 g/mol. The Balaban J connectivity index is 4.47. The van der Waals surface area contributed by atoms with Gasteiger partial charge in [0.15, 0.2) is 0 Å². The van der Waals surface area contributed by atoms with E-state index in [0.29, 0.717) is 0 Å². The summed E-state index contributed by atoms with van der Waals surface area (Å²) in [5, 5.41) is 0. The Bertz CT molecular complexity index is 265. The van der Waals surface area contributed by atoms with Crippen molar-refractivity contribution in [3.05, 3.63) is 0 Å². The standard InChI is InChI=1S/C8H15N3O3/c1-8(7(11)14,4-6(10)13)3-2-5(9)12/h2-4H2,1H3,(H2,9,12)(H2,10,13)(H2,11,14). The van der Waals surface area contributed by atoms with Crippen molar-refractivity contribution < 1.29 is 14.4 Å². The molecular weight excluding hydrogens is 186 g/mol. The van der Waals surface area contributed by atoms with Gasteiger partial charge in [0.25, 0.3) is 0 Å². The molecule has 0 aliphatic heterocycles. The molecule has 0 bridgehead atoms. The Kier molecular flexibility index (Phi) is 4.07. The first-order valence-corrected chi connectivity index (χ1v) is 4.14. The van der Waals surface area contributed by atoms with Gasteiger partial charge in [0, 0.05) is 12.8 Å². The highest BCUT2D eigenvalue weighted by Gasteiger charge is 2.33. The quantitative estimate of drug-likeness (QED) is 0.489. The second kappa shape index (κ2) is 4.59. The molecule has 6 N–H and O–H groups in total. The Hall–Kier alpha value is -1.59. The van der Waals surface area contributed by atoms with Crippen LogP contribution in [-0.4, -0.2) is 17.7 Å². The minimum atomic E-state index is -1.08. The van der Waals surface area contributed by atoms with Gasteiger partial charge in [-0.2, -0.15) is 0 Å². The lowest BCUT2D eigenvalue weighted by atomic mass is 9.81. The number of rotatable bonds is 6. The van der Waals surface area contributed by atoms with Crippen LogP contribution in [0.4, 0.5) is 0 Å². The van der Waals surface area contributed by atoms with Crippen molar-refractivity contribution in [2.24, 2.45) is 22.6 Å². The van der Waals surface area contributed by atoms with E-state index in [1.807, 2.05) is 0 Å². The number of carbonyl (C=O) groups is 3. The fourth-order valence-electron chi connectivity index (χ4n) is 1.08. The third-order valence-corrected chi connectivity index (χ3v) is 2.08. The lowest BCUT2D eigenvalue weighted by Gasteiger charge is -2.23. The lowest BCUT2D eigenvalue weighted by Crippen LogP contribution is -2.38. The van der Waals surface area contributed by atoms with E-state index in [1.165, 1.54) is 6.92 Å². The highest BCUT2D eigenvalue weighted by Crippen LogP contribution is 2.26. The van der Waals surface area contributed by atoms with Gasteiger partial charge in [0.2, 0.25) is 17.7 Å². The molecule has 0 radical (unpaired) electrons. The van der Waals surface area contributed by atoms with E-state index in [2.05, 4.69) is 0 Å². The second-order valence-electron chi connectivity index (χ2n) is 3.53. The highest BCUT2D eigenvalue weighted by molar-refractivity contribution is 5.87. The molecule has 80 valence electrons. The minimum Gasteiger partial charge on any atom is -0.370 e. The SMILES string of the molecule is CC(CCC(N)=O)(CC(N)=O)C(N)=O. The summed E-state index contributed by atoms with van der Waals surface area (Å²) in [6, 6.07) is 0. The van der Waals surface area contributed by atoms with E-state index in [0.717, 1.165) is 0 Å². The summed E-state index contributed by atoms with van der Waals surface area (Å²) >= 11 is 0. The molecule has 14 heavy (non-hydrogen) atoms. The number of amides is 3. The van der Waals surface area contributed by atoms with Gasteiger partial charge >= 0.3 is 0 Å². The van der Waals surface area contributed by atoms with Crippen molar-refractivity contribution in [1.82, 2.24) is 0 Å². The molecule has 0 aromatic rings. The smallest absolute Gasteiger partial charge is 0.223 e. The molecule has 3 amide bonds. The maximum Gasteiger partial charge on any atom is 0.223 e. The molecule has 0 saturated carbocycles. The molecule has 0 fully saturated rings. The van der Waals surface area contributed by atoms with Gasteiger partial charge in [-0.05, 0) is 6.42 Å². The van der Waals surface area contributed by atoms with E-state index in [9.17, 15) is 14.4 Å². The van der Waals surface area contributed by atoms with Gasteiger partial charge < -0.3 is 17.2 Å². The average Bonchev–Trinajstić information content (AvgIpc) is 1.99. The van der Waals surface area contributed by atoms with Crippen molar-refractivity contribution >= 4 is 17.7 Å². The summed E-state index contributed by atoms with van der Waals surface area (Å²) in [5.41, 5.74) is 13.9. The summed E-state index contributed by atoms with van der Waals surface area (Å²) < 4.78 is 0. The molecule has 0 aromatic heterocycles. The molecule has 6 nitrogen and oxygen atoms in total. The van der Waals surface area contributed by atoms with Crippen molar-refractivity contribution in [3.63, 3.8) is 0 Å². The molecule has 0 aliphatic carbocycles. The van der Waals surface area contributed by atoms with Gasteiger partial charge in [-0.1, -0.05) is 6.92 Å². The molecule has 0 aliphatic rings. The fraction of sp³-hybridized carbons (Fsp3) is 0.625. The maximum absolute atomic E-state index is 11.0. The van der Waals surface area contributed by atoms with Crippen LogP contribution in [-0.2, 0) is 14.4 Å². The summed E-state index contributed by atoms with van der Waals surface area (Å²) in [6.07, 6.45) is -0.0249. The molecular formula is C8H15N3O3. The Labute approximate surface area is 81.8 Å². The van der Waals surface area contributed by atoms with Crippen LogP contribution in [0.1, 0.15) is 26.2 Å². The van der Waals surface area contributed by atoms with Crippen molar-refractivity contribution in [2.75, 3.05) is 0 Å². The maximum atomic E-state index is 11.0. The zero-order valence-corrected chi connectivity index (χ0v) is 8.08. The molecule has 1 atom stereocenters. The predicted octanol–water partition coefficient (Wildman–Crippen LogP) is -1.38. The third-order valence-electron chi connectivity index (χ3n) is 2.08. The van der Waals surface area contributed by atoms with Crippen molar-refractivity contribution in [1.29, 1.82) is 0 Å². The van der Waals surface area contributed by atoms with E-state index < -0.39 is 23.1 Å². The normalized spacial score (nSPS) is 14.4. The second-order valence-corrected chi connectivity index (χ2v) is 3.53. The molecule has 6 heteroatoms. The van der Waals surface area contributed by atoms with Gasteiger partial charge in [0.05, 0.1) is 5.41 Å². The van der Waals surface area contributed by atoms with Gasteiger partial charge in [0.1, 0.15) is 0 Å². The van der Waals surface area contributed by atoms with Gasteiger partial charge in [-0.15, -0.1) is 0 Å². The number of hydrogen-bond donors (Lipinski definition) is 3. The molecule has 1 unspecified atom stereocenters. The van der Waals surface area contributed by atoms with E-state index in [4.69, 9.17) is 17.2 Å². The lowest BCUT2D eigenvalue weighted by molar-refractivity contribution is -0.133. The summed E-state index contributed by atoms with van der Waals surface area (Å²) in [4.78, 5) is 32.2. The molecule has 0 saturated heterocycles. The largest absolute Gasteiger partial charge is 0.370 e. The zero-order valence-electron chi connectivity index (χ0n) is 8.08. The zero-order chi connectivity index (χ0) is 11.4. The monoisotopic (exact) mass is 201 g/mol. The molecule has 0 aromatic carbocycles. The van der Waals surface area contributed by atoms with E-state index in [1.54, 1.807) is 0 Å².